The van der Waals surface area contributed by atoms with Crippen molar-refractivity contribution in [2.75, 3.05) is 26.8 Å². The molecule has 0 unspecified atom stereocenters. The van der Waals surface area contributed by atoms with Gasteiger partial charge >= 0.3 is 12.4 Å². The summed E-state index contributed by atoms with van der Waals surface area (Å²) in [5.41, 5.74) is -2.67. The summed E-state index contributed by atoms with van der Waals surface area (Å²) in [7, 11) is 1.88. The Balaban J connectivity index is 1.74. The molecule has 34 heavy (non-hydrogen) atoms. The fraction of sp³-hybridized carbons (Fsp3) is 0.520. The summed E-state index contributed by atoms with van der Waals surface area (Å²) in [6, 6.07) is 11.3. The van der Waals surface area contributed by atoms with Gasteiger partial charge in [-0.25, -0.2) is 0 Å². The summed E-state index contributed by atoms with van der Waals surface area (Å²) in [6.45, 7) is 3.25. The number of likely N-dealkylation sites (tertiary alicyclic amines) is 1. The first kappa shape index (κ1) is 25.0. The highest BCUT2D eigenvalue weighted by Gasteiger charge is 2.58. The Morgan fingerprint density at radius 2 is 1.50 bits per heavy atom. The molecular formula is C25H27F6NO2. The third-order valence-corrected chi connectivity index (χ3v) is 7.01. The fourth-order valence-corrected chi connectivity index (χ4v) is 5.27. The minimum Gasteiger partial charge on any atom is -0.381 e. The lowest BCUT2D eigenvalue weighted by Crippen LogP contribution is -2.70. The van der Waals surface area contributed by atoms with Gasteiger partial charge in [0.1, 0.15) is 5.72 Å². The maximum Gasteiger partial charge on any atom is 0.416 e. The van der Waals surface area contributed by atoms with Gasteiger partial charge in [0.15, 0.2) is 0 Å². The van der Waals surface area contributed by atoms with E-state index in [1.165, 1.54) is 6.92 Å². The summed E-state index contributed by atoms with van der Waals surface area (Å²) in [5.74, 6) is -0.0577. The number of hydrogen-bond acceptors (Lipinski definition) is 3. The van der Waals surface area contributed by atoms with Crippen LogP contribution in [0.15, 0.2) is 48.5 Å². The normalized spacial score (nSPS) is 25.7. The van der Waals surface area contributed by atoms with Gasteiger partial charge in [-0.2, -0.15) is 26.3 Å². The zero-order chi connectivity index (χ0) is 24.7. The molecule has 0 radical (unpaired) electrons. The Morgan fingerprint density at radius 1 is 0.941 bits per heavy atom. The number of ether oxygens (including phenoxy) is 2. The predicted octanol–water partition coefficient (Wildman–Crippen LogP) is 6.65. The molecular weight excluding hydrogens is 460 g/mol. The second kappa shape index (κ2) is 9.17. The minimum atomic E-state index is -4.91. The zero-order valence-electron chi connectivity index (χ0n) is 18.9. The quantitative estimate of drug-likeness (QED) is 0.441. The number of halogens is 6. The molecule has 0 N–H and O–H groups in total. The van der Waals surface area contributed by atoms with Crippen molar-refractivity contribution in [1.29, 1.82) is 0 Å². The van der Waals surface area contributed by atoms with Crippen LogP contribution in [0.3, 0.4) is 0 Å². The van der Waals surface area contributed by atoms with Crippen LogP contribution in [0.25, 0.3) is 0 Å². The number of hydrogen-bond donors (Lipinski definition) is 0. The van der Waals surface area contributed by atoms with Crippen molar-refractivity contribution in [2.24, 2.45) is 5.92 Å². The van der Waals surface area contributed by atoms with Crippen molar-refractivity contribution >= 4 is 0 Å². The van der Waals surface area contributed by atoms with E-state index in [2.05, 4.69) is 0 Å². The second-order valence-electron chi connectivity index (χ2n) is 9.08. The molecule has 2 aromatic rings. The molecule has 2 aromatic carbocycles. The molecule has 186 valence electrons. The average Bonchev–Trinajstić information content (AvgIpc) is 2.80. The molecule has 0 aliphatic carbocycles. The van der Waals surface area contributed by atoms with E-state index >= 15 is 0 Å². The van der Waals surface area contributed by atoms with Crippen molar-refractivity contribution in [2.45, 2.75) is 49.9 Å². The van der Waals surface area contributed by atoms with Crippen molar-refractivity contribution in [3.8, 4) is 0 Å². The molecule has 0 aromatic heterocycles. The van der Waals surface area contributed by atoms with Crippen LogP contribution in [0.4, 0.5) is 26.3 Å². The van der Waals surface area contributed by atoms with E-state index < -0.39 is 35.3 Å². The Hall–Kier alpha value is -2.10. The molecule has 0 saturated carbocycles. The lowest BCUT2D eigenvalue weighted by molar-refractivity contribution is -0.285. The summed E-state index contributed by atoms with van der Waals surface area (Å²) in [6.07, 6.45) is -9.43. The van der Waals surface area contributed by atoms with Crippen LogP contribution in [-0.4, -0.2) is 37.4 Å². The second-order valence-corrected chi connectivity index (χ2v) is 9.08. The van der Waals surface area contributed by atoms with Crippen LogP contribution in [0.2, 0.25) is 0 Å². The molecule has 3 atom stereocenters. The van der Waals surface area contributed by atoms with Crippen LogP contribution >= 0.6 is 0 Å². The Morgan fingerprint density at radius 3 is 2.00 bits per heavy atom. The van der Waals surface area contributed by atoms with E-state index in [4.69, 9.17) is 9.47 Å². The van der Waals surface area contributed by atoms with Gasteiger partial charge in [0.2, 0.25) is 0 Å². The zero-order valence-corrected chi connectivity index (χ0v) is 18.9. The summed E-state index contributed by atoms with van der Waals surface area (Å²) in [5, 5.41) is 0. The summed E-state index contributed by atoms with van der Waals surface area (Å²) in [4.78, 5) is 2.02. The van der Waals surface area contributed by atoms with Gasteiger partial charge < -0.3 is 9.47 Å². The van der Waals surface area contributed by atoms with E-state index in [-0.39, 0.29) is 23.5 Å². The van der Waals surface area contributed by atoms with Crippen LogP contribution in [0, 0.1) is 5.92 Å². The monoisotopic (exact) mass is 487 g/mol. The number of alkyl halides is 6. The molecule has 2 saturated heterocycles. The van der Waals surface area contributed by atoms with E-state index in [0.717, 1.165) is 17.7 Å². The van der Waals surface area contributed by atoms with E-state index in [0.29, 0.717) is 32.6 Å². The minimum absolute atomic E-state index is 0.0144. The first-order valence-corrected chi connectivity index (χ1v) is 11.2. The van der Waals surface area contributed by atoms with Crippen LogP contribution in [0.5, 0.6) is 0 Å². The summed E-state index contributed by atoms with van der Waals surface area (Å²) >= 11 is 0. The highest BCUT2D eigenvalue weighted by atomic mass is 19.4. The molecule has 0 spiro atoms. The first-order chi connectivity index (χ1) is 15.9. The van der Waals surface area contributed by atoms with Gasteiger partial charge in [0, 0.05) is 31.6 Å². The molecule has 2 heterocycles. The Bertz CT molecular complexity index is 955. The Kier molecular flexibility index (Phi) is 6.74. The third-order valence-electron chi connectivity index (χ3n) is 7.01. The molecule has 2 fully saturated rings. The molecule has 2 aliphatic rings. The molecule has 2 aliphatic heterocycles. The smallest absolute Gasteiger partial charge is 0.381 e. The topological polar surface area (TPSA) is 21.7 Å². The SMILES string of the molecule is C[C@@H](O[C@]1(C2CCOCC2)[C@H](c2ccccc2)CN1C)c1cc(C(F)(F)F)cc(C(F)(F)F)c1. The molecule has 0 bridgehead atoms. The lowest BCUT2D eigenvalue weighted by atomic mass is 9.69. The predicted molar refractivity (Wildman–Crippen MR) is 114 cm³/mol. The van der Waals surface area contributed by atoms with E-state index in [1.54, 1.807) is 0 Å². The molecule has 9 heteroatoms. The standard InChI is InChI=1S/C25H27F6NO2/c1-16(18-12-20(24(26,27)28)14-21(13-18)25(29,30)31)34-23(19-8-10-33-11-9-19)22(15-32(23)2)17-6-4-3-5-7-17/h3-7,12-14,16,19,22H,8-11,15H2,1-2H3/t16-,22+,23-/m1/s1. The average molecular weight is 487 g/mol. The number of likely N-dealkylation sites (N-methyl/N-ethyl adjacent to an activating group) is 1. The van der Waals surface area contributed by atoms with Gasteiger partial charge in [0.05, 0.1) is 17.2 Å². The first-order valence-electron chi connectivity index (χ1n) is 11.2. The number of benzene rings is 2. The maximum atomic E-state index is 13.4. The van der Waals surface area contributed by atoms with E-state index in [1.807, 2.05) is 42.3 Å². The lowest BCUT2D eigenvalue weighted by Gasteiger charge is -2.61. The molecule has 3 nitrogen and oxygen atoms in total. The van der Waals surface area contributed by atoms with Crippen molar-refractivity contribution < 1.29 is 35.8 Å². The largest absolute Gasteiger partial charge is 0.416 e. The van der Waals surface area contributed by atoms with Crippen molar-refractivity contribution in [3.63, 3.8) is 0 Å². The van der Waals surface area contributed by atoms with Crippen LogP contribution in [-0.2, 0) is 21.8 Å². The van der Waals surface area contributed by atoms with Gasteiger partial charge in [-0.15, -0.1) is 0 Å². The van der Waals surface area contributed by atoms with Gasteiger partial charge in [-0.05, 0) is 56.1 Å². The maximum absolute atomic E-state index is 13.4. The van der Waals surface area contributed by atoms with Crippen LogP contribution in [0.1, 0.15) is 54.0 Å². The van der Waals surface area contributed by atoms with Gasteiger partial charge in [-0.1, -0.05) is 30.3 Å². The molecule has 4 rings (SSSR count). The number of rotatable bonds is 5. The fourth-order valence-electron chi connectivity index (χ4n) is 5.27. The number of nitrogens with zero attached hydrogens (tertiary/aromatic N) is 1. The Labute approximate surface area is 194 Å². The third kappa shape index (κ3) is 4.70. The molecule has 0 amide bonds. The van der Waals surface area contributed by atoms with Crippen molar-refractivity contribution in [3.05, 3.63) is 70.8 Å². The highest BCUT2D eigenvalue weighted by molar-refractivity contribution is 5.35. The highest BCUT2D eigenvalue weighted by Crippen LogP contribution is 2.53. The van der Waals surface area contributed by atoms with Crippen molar-refractivity contribution in [1.82, 2.24) is 4.90 Å². The summed E-state index contributed by atoms with van der Waals surface area (Å²) < 4.78 is 92.6. The van der Waals surface area contributed by atoms with Crippen LogP contribution < -0.4 is 0 Å². The van der Waals surface area contributed by atoms with E-state index in [9.17, 15) is 26.3 Å². The van der Waals surface area contributed by atoms with Gasteiger partial charge in [0.25, 0.3) is 0 Å². The van der Waals surface area contributed by atoms with Gasteiger partial charge in [-0.3, -0.25) is 4.90 Å².